The quantitative estimate of drug-likeness (QED) is 0.778. The predicted molar refractivity (Wildman–Crippen MR) is 82.2 cm³/mol. The molecular weight excluding hydrogens is 355 g/mol. The van der Waals surface area contributed by atoms with Gasteiger partial charge in [0, 0.05) is 15.9 Å². The van der Waals surface area contributed by atoms with Gasteiger partial charge in [0.25, 0.3) is 5.91 Å². The summed E-state index contributed by atoms with van der Waals surface area (Å²) in [6.07, 6.45) is 1.64. The molecule has 2 aromatic rings. The number of aliphatic carboxylic acids is 1. The first kappa shape index (κ1) is 15.0. The largest absolute Gasteiger partial charge is 0.481 e. The third kappa shape index (κ3) is 2.85. The van der Waals surface area contributed by atoms with Crippen molar-refractivity contribution in [2.45, 2.75) is 25.3 Å². The van der Waals surface area contributed by atoms with Gasteiger partial charge in [0.05, 0.1) is 11.4 Å². The molecule has 1 heterocycles. The summed E-state index contributed by atoms with van der Waals surface area (Å²) in [5.41, 5.74) is 0.803. The van der Waals surface area contributed by atoms with E-state index >= 15 is 0 Å². The van der Waals surface area contributed by atoms with E-state index < -0.39 is 17.7 Å². The molecule has 22 heavy (non-hydrogen) atoms. The van der Waals surface area contributed by atoms with Crippen LogP contribution in [0.2, 0.25) is 0 Å². The molecule has 1 aromatic heterocycles. The van der Waals surface area contributed by atoms with Gasteiger partial charge >= 0.3 is 5.97 Å². The Morgan fingerprint density at radius 2 is 2.09 bits per heavy atom. The highest BCUT2D eigenvalue weighted by molar-refractivity contribution is 9.10. The van der Waals surface area contributed by atoms with Gasteiger partial charge in [-0.15, -0.1) is 0 Å². The molecule has 2 atom stereocenters. The molecule has 1 aliphatic carbocycles. The van der Waals surface area contributed by atoms with Crippen molar-refractivity contribution in [1.29, 1.82) is 0 Å². The molecule has 0 aliphatic heterocycles. The van der Waals surface area contributed by atoms with E-state index in [1.54, 1.807) is 6.07 Å². The molecule has 1 fully saturated rings. The topological polar surface area (TPSA) is 82.2 Å². The number of carboxylic acid groups (broad SMARTS) is 1. The van der Waals surface area contributed by atoms with Crippen LogP contribution in [0.1, 0.15) is 29.8 Å². The fraction of sp³-hybridized carbons (Fsp3) is 0.333. The molecule has 1 aliphatic rings. The van der Waals surface area contributed by atoms with E-state index in [9.17, 15) is 14.0 Å². The molecule has 0 saturated heterocycles. The maximum atomic E-state index is 13.8. The highest BCUT2D eigenvalue weighted by Gasteiger charge is 2.30. The van der Waals surface area contributed by atoms with Crippen LogP contribution in [0, 0.1) is 11.7 Å². The molecule has 1 amide bonds. The molecule has 1 aromatic carbocycles. The predicted octanol–water partition coefficient (Wildman–Crippen LogP) is 3.05. The second-order valence-electron chi connectivity index (χ2n) is 5.55. The average Bonchev–Trinajstić information content (AvgIpc) is 3.05. The van der Waals surface area contributed by atoms with Gasteiger partial charge in [-0.1, -0.05) is 15.9 Å². The first-order valence-corrected chi connectivity index (χ1v) is 7.75. The Hall–Kier alpha value is -1.89. The van der Waals surface area contributed by atoms with Gasteiger partial charge in [-0.2, -0.15) is 0 Å². The molecule has 0 bridgehead atoms. The first-order valence-electron chi connectivity index (χ1n) is 6.95. The SMILES string of the molecule is O=C(N[C@H]1CC[C@@H](C(=O)O)C1)c1cc2c(F)cc(Br)cc2[nH]1. The number of carbonyl (C=O) groups excluding carboxylic acids is 1. The van der Waals surface area contributed by atoms with Crippen LogP contribution < -0.4 is 5.32 Å². The van der Waals surface area contributed by atoms with Gasteiger partial charge in [0.15, 0.2) is 0 Å². The lowest BCUT2D eigenvalue weighted by Gasteiger charge is -2.11. The number of nitrogens with one attached hydrogen (secondary N) is 2. The minimum atomic E-state index is -0.825. The third-order valence-corrected chi connectivity index (χ3v) is 4.47. The average molecular weight is 369 g/mol. The van der Waals surface area contributed by atoms with Crippen LogP contribution in [0.3, 0.4) is 0 Å². The molecule has 3 N–H and O–H groups in total. The summed E-state index contributed by atoms with van der Waals surface area (Å²) in [6.45, 7) is 0. The van der Waals surface area contributed by atoms with Gasteiger partial charge < -0.3 is 15.4 Å². The molecule has 0 radical (unpaired) electrons. The Morgan fingerprint density at radius 1 is 1.32 bits per heavy atom. The van der Waals surface area contributed by atoms with Crippen LogP contribution in [-0.4, -0.2) is 28.0 Å². The number of H-pyrrole nitrogens is 1. The second-order valence-corrected chi connectivity index (χ2v) is 6.47. The van der Waals surface area contributed by atoms with Crippen molar-refractivity contribution in [2.24, 2.45) is 5.92 Å². The Labute approximate surface area is 134 Å². The van der Waals surface area contributed by atoms with Gasteiger partial charge in [-0.25, -0.2) is 4.39 Å². The summed E-state index contributed by atoms with van der Waals surface area (Å²) in [5, 5.41) is 12.1. The molecule has 0 unspecified atom stereocenters. The van der Waals surface area contributed by atoms with Gasteiger partial charge in [0.1, 0.15) is 11.5 Å². The number of rotatable bonds is 3. The zero-order valence-electron chi connectivity index (χ0n) is 11.5. The number of hydrogen-bond donors (Lipinski definition) is 3. The number of hydrogen-bond acceptors (Lipinski definition) is 2. The normalized spacial score (nSPS) is 21.2. The summed E-state index contributed by atoms with van der Waals surface area (Å²) in [7, 11) is 0. The van der Waals surface area contributed by atoms with Crippen molar-refractivity contribution in [3.8, 4) is 0 Å². The maximum absolute atomic E-state index is 13.8. The molecule has 0 spiro atoms. The van der Waals surface area contributed by atoms with Crippen molar-refractivity contribution in [3.63, 3.8) is 0 Å². The maximum Gasteiger partial charge on any atom is 0.306 e. The Bertz CT molecular complexity index is 759. The van der Waals surface area contributed by atoms with Crippen LogP contribution in [0.25, 0.3) is 10.9 Å². The van der Waals surface area contributed by atoms with E-state index in [1.807, 2.05) is 0 Å². The molecular formula is C15H14BrFN2O3. The Balaban J connectivity index is 1.76. The summed E-state index contributed by atoms with van der Waals surface area (Å²) < 4.78 is 14.4. The van der Waals surface area contributed by atoms with Crippen LogP contribution in [0.4, 0.5) is 4.39 Å². The lowest BCUT2D eigenvalue weighted by atomic mass is 10.1. The van der Waals surface area contributed by atoms with Crippen LogP contribution >= 0.6 is 15.9 Å². The number of carboxylic acids is 1. The molecule has 7 heteroatoms. The lowest BCUT2D eigenvalue weighted by Crippen LogP contribution is -2.33. The number of amides is 1. The Morgan fingerprint density at radius 3 is 2.77 bits per heavy atom. The van der Waals surface area contributed by atoms with E-state index in [0.717, 1.165) is 0 Å². The molecule has 3 rings (SSSR count). The van der Waals surface area contributed by atoms with Crippen LogP contribution in [0.15, 0.2) is 22.7 Å². The number of aromatic amines is 1. The van der Waals surface area contributed by atoms with Crippen LogP contribution in [-0.2, 0) is 4.79 Å². The molecule has 116 valence electrons. The minimum absolute atomic E-state index is 0.156. The number of aromatic nitrogens is 1. The van der Waals surface area contributed by atoms with E-state index in [0.29, 0.717) is 34.6 Å². The number of benzene rings is 1. The second kappa shape index (κ2) is 5.72. The smallest absolute Gasteiger partial charge is 0.306 e. The molecule has 1 saturated carbocycles. The first-order chi connectivity index (χ1) is 10.4. The van der Waals surface area contributed by atoms with Gasteiger partial charge in [-0.05, 0) is 37.5 Å². The van der Waals surface area contributed by atoms with Gasteiger partial charge in [0.2, 0.25) is 0 Å². The highest BCUT2D eigenvalue weighted by atomic mass is 79.9. The van der Waals surface area contributed by atoms with Crippen molar-refractivity contribution in [1.82, 2.24) is 10.3 Å². The number of halogens is 2. The van der Waals surface area contributed by atoms with E-state index in [-0.39, 0.29) is 17.6 Å². The summed E-state index contributed by atoms with van der Waals surface area (Å²) in [4.78, 5) is 26.0. The van der Waals surface area contributed by atoms with Gasteiger partial charge in [-0.3, -0.25) is 9.59 Å². The van der Waals surface area contributed by atoms with Crippen molar-refractivity contribution in [3.05, 3.63) is 34.2 Å². The lowest BCUT2D eigenvalue weighted by molar-refractivity contribution is -0.141. The van der Waals surface area contributed by atoms with Crippen molar-refractivity contribution < 1.29 is 19.1 Å². The highest BCUT2D eigenvalue weighted by Crippen LogP contribution is 2.27. The summed E-state index contributed by atoms with van der Waals surface area (Å²) >= 11 is 3.20. The van der Waals surface area contributed by atoms with E-state index in [1.165, 1.54) is 12.1 Å². The summed E-state index contributed by atoms with van der Waals surface area (Å²) in [5.74, 6) is -1.98. The van der Waals surface area contributed by atoms with E-state index in [4.69, 9.17) is 5.11 Å². The fourth-order valence-corrected chi connectivity index (χ4v) is 3.31. The Kier molecular flexibility index (Phi) is 3.90. The monoisotopic (exact) mass is 368 g/mol. The number of fused-ring (bicyclic) bond motifs is 1. The fourth-order valence-electron chi connectivity index (χ4n) is 2.88. The zero-order valence-corrected chi connectivity index (χ0v) is 13.1. The zero-order chi connectivity index (χ0) is 15.9. The van der Waals surface area contributed by atoms with Crippen molar-refractivity contribution in [2.75, 3.05) is 0 Å². The molecule has 5 nitrogen and oxygen atoms in total. The standard InChI is InChI=1S/C15H14BrFN2O3/c16-8-4-11(17)10-6-13(19-12(10)5-8)14(20)18-9-2-1-7(3-9)15(21)22/h4-7,9,19H,1-3H2,(H,18,20)(H,21,22)/t7-,9+/m1/s1. The van der Waals surface area contributed by atoms with Crippen molar-refractivity contribution >= 4 is 38.7 Å². The van der Waals surface area contributed by atoms with E-state index in [2.05, 4.69) is 26.2 Å². The van der Waals surface area contributed by atoms with Crippen LogP contribution in [0.5, 0.6) is 0 Å². The third-order valence-electron chi connectivity index (χ3n) is 4.01. The summed E-state index contributed by atoms with van der Waals surface area (Å²) in [6, 6.07) is 4.35. The number of carbonyl (C=O) groups is 2. The minimum Gasteiger partial charge on any atom is -0.481 e.